The lowest BCUT2D eigenvalue weighted by Gasteiger charge is -2.05. The molecule has 1 aromatic carbocycles. The van der Waals surface area contributed by atoms with Gasteiger partial charge in [0.1, 0.15) is 5.69 Å². The van der Waals surface area contributed by atoms with Crippen molar-refractivity contribution >= 4 is 28.9 Å². The van der Waals surface area contributed by atoms with Crippen LogP contribution in [0, 0.1) is 10.1 Å². The van der Waals surface area contributed by atoms with Gasteiger partial charge in [-0.1, -0.05) is 29.8 Å². The lowest BCUT2D eigenvalue weighted by molar-refractivity contribution is -0.385. The van der Waals surface area contributed by atoms with Crippen LogP contribution in [-0.4, -0.2) is 19.9 Å². The molecule has 0 radical (unpaired) electrons. The standard InChI is InChI=1S/C12H12Cl2N4O2/c1-2-9(13)11-7-17(16-15-11)6-8-10(14)4-3-5-12(8)18(19)20/h3-5,7,9H,2,6H2,1H3. The summed E-state index contributed by atoms with van der Waals surface area (Å²) in [7, 11) is 0. The Morgan fingerprint density at radius 1 is 1.50 bits per heavy atom. The number of halogens is 2. The molecule has 2 aromatic rings. The Bertz CT molecular complexity index is 630. The van der Waals surface area contributed by atoms with Gasteiger partial charge in [0.2, 0.25) is 0 Å². The molecule has 106 valence electrons. The second-order valence-corrected chi connectivity index (χ2v) is 5.15. The number of nitrogens with zero attached hydrogens (tertiary/aromatic N) is 4. The summed E-state index contributed by atoms with van der Waals surface area (Å²) in [5.41, 5.74) is 1.01. The lowest BCUT2D eigenvalue weighted by atomic mass is 10.2. The van der Waals surface area contributed by atoms with E-state index in [0.29, 0.717) is 16.3 Å². The SMILES string of the molecule is CCC(Cl)c1cn(Cc2c(Cl)cccc2[N+](=O)[O-])nn1. The smallest absolute Gasteiger partial charge is 0.258 e. The summed E-state index contributed by atoms with van der Waals surface area (Å²) in [5.74, 6) is 0. The van der Waals surface area contributed by atoms with Gasteiger partial charge in [-0.3, -0.25) is 10.1 Å². The predicted molar refractivity (Wildman–Crippen MR) is 76.1 cm³/mol. The molecule has 1 aromatic heterocycles. The maximum absolute atomic E-state index is 11.0. The number of nitro benzene ring substituents is 1. The van der Waals surface area contributed by atoms with Crippen molar-refractivity contribution in [3.63, 3.8) is 0 Å². The number of hydrogen-bond donors (Lipinski definition) is 0. The summed E-state index contributed by atoms with van der Waals surface area (Å²) in [6.07, 6.45) is 2.40. The molecule has 0 N–H and O–H groups in total. The first-order valence-corrected chi connectivity index (χ1v) is 6.80. The molecule has 0 aliphatic heterocycles. The van der Waals surface area contributed by atoms with E-state index in [9.17, 15) is 10.1 Å². The number of rotatable bonds is 5. The molecule has 20 heavy (non-hydrogen) atoms. The minimum atomic E-state index is -0.463. The Balaban J connectivity index is 2.30. The van der Waals surface area contributed by atoms with E-state index in [-0.39, 0.29) is 17.6 Å². The van der Waals surface area contributed by atoms with E-state index < -0.39 is 4.92 Å². The molecule has 1 atom stereocenters. The van der Waals surface area contributed by atoms with Crippen molar-refractivity contribution in [2.24, 2.45) is 0 Å². The zero-order valence-corrected chi connectivity index (χ0v) is 12.2. The summed E-state index contributed by atoms with van der Waals surface area (Å²) < 4.78 is 1.49. The molecule has 0 saturated heterocycles. The summed E-state index contributed by atoms with van der Waals surface area (Å²) in [4.78, 5) is 10.5. The third-order valence-electron chi connectivity index (χ3n) is 2.85. The monoisotopic (exact) mass is 314 g/mol. The Kier molecular flexibility index (Phi) is 4.57. The number of nitro groups is 1. The number of hydrogen-bond acceptors (Lipinski definition) is 4. The van der Waals surface area contributed by atoms with Crippen LogP contribution in [0.4, 0.5) is 5.69 Å². The summed E-state index contributed by atoms with van der Waals surface area (Å²) in [6, 6.07) is 4.57. The average molecular weight is 315 g/mol. The van der Waals surface area contributed by atoms with E-state index in [1.54, 1.807) is 18.3 Å². The van der Waals surface area contributed by atoms with Crippen LogP contribution in [0.15, 0.2) is 24.4 Å². The van der Waals surface area contributed by atoms with Crippen molar-refractivity contribution in [1.82, 2.24) is 15.0 Å². The topological polar surface area (TPSA) is 73.8 Å². The van der Waals surface area contributed by atoms with Crippen molar-refractivity contribution < 1.29 is 4.92 Å². The fourth-order valence-electron chi connectivity index (χ4n) is 1.78. The van der Waals surface area contributed by atoms with Gasteiger partial charge in [0.05, 0.1) is 33.6 Å². The molecule has 0 fully saturated rings. The van der Waals surface area contributed by atoms with E-state index in [4.69, 9.17) is 23.2 Å². The van der Waals surface area contributed by atoms with E-state index in [1.165, 1.54) is 10.7 Å². The molecule has 8 heteroatoms. The highest BCUT2D eigenvalue weighted by molar-refractivity contribution is 6.31. The molecule has 6 nitrogen and oxygen atoms in total. The van der Waals surface area contributed by atoms with Gasteiger partial charge in [0, 0.05) is 6.07 Å². The van der Waals surface area contributed by atoms with Gasteiger partial charge in [0.25, 0.3) is 5.69 Å². The Hall–Kier alpha value is -1.66. The van der Waals surface area contributed by atoms with Crippen LogP contribution in [-0.2, 0) is 6.54 Å². The molecule has 0 saturated carbocycles. The highest BCUT2D eigenvalue weighted by Crippen LogP contribution is 2.27. The second kappa shape index (κ2) is 6.19. The van der Waals surface area contributed by atoms with Gasteiger partial charge in [-0.15, -0.1) is 16.7 Å². The highest BCUT2D eigenvalue weighted by atomic mass is 35.5. The van der Waals surface area contributed by atoms with Crippen LogP contribution in [0.2, 0.25) is 5.02 Å². The third kappa shape index (κ3) is 3.08. The molecule has 0 aliphatic rings. The molecule has 0 bridgehead atoms. The highest BCUT2D eigenvalue weighted by Gasteiger charge is 2.18. The van der Waals surface area contributed by atoms with Crippen molar-refractivity contribution in [3.05, 3.63) is 50.8 Å². The maximum atomic E-state index is 11.0. The molecular weight excluding hydrogens is 303 g/mol. The molecular formula is C12H12Cl2N4O2. The first kappa shape index (κ1) is 14.7. The van der Waals surface area contributed by atoms with Gasteiger partial charge < -0.3 is 0 Å². The Morgan fingerprint density at radius 2 is 2.25 bits per heavy atom. The van der Waals surface area contributed by atoms with Crippen molar-refractivity contribution in [2.75, 3.05) is 0 Å². The number of alkyl halides is 1. The van der Waals surface area contributed by atoms with Crippen LogP contribution < -0.4 is 0 Å². The normalized spacial score (nSPS) is 12.3. The molecule has 1 heterocycles. The lowest BCUT2D eigenvalue weighted by Crippen LogP contribution is -2.04. The first-order valence-electron chi connectivity index (χ1n) is 5.98. The number of aromatic nitrogens is 3. The van der Waals surface area contributed by atoms with Crippen molar-refractivity contribution in [2.45, 2.75) is 25.3 Å². The van der Waals surface area contributed by atoms with Crippen LogP contribution in [0.3, 0.4) is 0 Å². The molecule has 1 unspecified atom stereocenters. The van der Waals surface area contributed by atoms with Crippen molar-refractivity contribution in [3.8, 4) is 0 Å². The minimum Gasteiger partial charge on any atom is -0.258 e. The molecule has 0 aliphatic carbocycles. The van der Waals surface area contributed by atoms with Gasteiger partial charge in [0.15, 0.2) is 0 Å². The molecule has 0 spiro atoms. The van der Waals surface area contributed by atoms with Crippen LogP contribution in [0.5, 0.6) is 0 Å². The van der Waals surface area contributed by atoms with E-state index in [1.807, 2.05) is 6.92 Å². The zero-order chi connectivity index (χ0) is 14.7. The van der Waals surface area contributed by atoms with Gasteiger partial charge >= 0.3 is 0 Å². The summed E-state index contributed by atoms with van der Waals surface area (Å²) in [5, 5.41) is 19.0. The van der Waals surface area contributed by atoms with Crippen LogP contribution in [0.25, 0.3) is 0 Å². The van der Waals surface area contributed by atoms with E-state index in [0.717, 1.165) is 6.42 Å². The second-order valence-electron chi connectivity index (χ2n) is 4.21. The Labute approximate surface area is 125 Å². The van der Waals surface area contributed by atoms with Crippen LogP contribution >= 0.6 is 23.2 Å². The molecule has 2 rings (SSSR count). The fraction of sp³-hybridized carbons (Fsp3) is 0.333. The zero-order valence-electron chi connectivity index (χ0n) is 10.7. The van der Waals surface area contributed by atoms with E-state index in [2.05, 4.69) is 10.3 Å². The van der Waals surface area contributed by atoms with Gasteiger partial charge in [-0.2, -0.15) is 0 Å². The number of benzene rings is 1. The van der Waals surface area contributed by atoms with E-state index >= 15 is 0 Å². The molecule has 0 amide bonds. The van der Waals surface area contributed by atoms with Crippen molar-refractivity contribution in [1.29, 1.82) is 0 Å². The van der Waals surface area contributed by atoms with Crippen LogP contribution in [0.1, 0.15) is 30.0 Å². The quantitative estimate of drug-likeness (QED) is 0.480. The minimum absolute atomic E-state index is 0.0348. The first-order chi connectivity index (χ1) is 9.52. The maximum Gasteiger partial charge on any atom is 0.275 e. The predicted octanol–water partition coefficient (Wildman–Crippen LogP) is 3.58. The largest absolute Gasteiger partial charge is 0.275 e. The summed E-state index contributed by atoms with van der Waals surface area (Å²) >= 11 is 12.1. The fourth-order valence-corrected chi connectivity index (χ4v) is 2.11. The van der Waals surface area contributed by atoms with Gasteiger partial charge in [-0.05, 0) is 12.5 Å². The van der Waals surface area contributed by atoms with Gasteiger partial charge in [-0.25, -0.2) is 4.68 Å². The average Bonchev–Trinajstić information content (AvgIpc) is 2.88. The third-order valence-corrected chi connectivity index (χ3v) is 3.73. The summed E-state index contributed by atoms with van der Waals surface area (Å²) in [6.45, 7) is 2.12. The Morgan fingerprint density at radius 3 is 2.90 bits per heavy atom.